The molecule has 0 aliphatic carbocycles. The van der Waals surface area contributed by atoms with E-state index >= 15 is 0 Å². The Morgan fingerprint density at radius 1 is 1.37 bits per heavy atom. The van der Waals surface area contributed by atoms with Crippen LogP contribution in [0.1, 0.15) is 33.1 Å². The lowest BCUT2D eigenvalue weighted by molar-refractivity contribution is -0.135. The summed E-state index contributed by atoms with van der Waals surface area (Å²) >= 11 is 0. The molecule has 0 aromatic carbocycles. The van der Waals surface area contributed by atoms with E-state index in [1.165, 1.54) is 13.2 Å². The summed E-state index contributed by atoms with van der Waals surface area (Å²) in [6.45, 7) is 4.44. The number of ether oxygens (including phenoxy) is 2. The molecule has 1 heterocycles. The summed E-state index contributed by atoms with van der Waals surface area (Å²) in [4.78, 5) is 22.3. The van der Waals surface area contributed by atoms with Crippen molar-refractivity contribution in [3.05, 3.63) is 34.9 Å². The largest absolute Gasteiger partial charge is 0.466 e. The molecule has 1 rings (SSSR count). The first-order chi connectivity index (χ1) is 9.04. The SMILES string of the molecule is COC(=O)/C=C/C/C(C)=C/C/C(C)=C1/CCOC1=O. The third kappa shape index (κ3) is 5.12. The molecule has 0 N–H and O–H groups in total. The molecule has 4 heteroatoms. The standard InChI is InChI=1S/C15H20O4/c1-11(5-4-6-14(16)18-3)7-8-12(2)13-9-10-19-15(13)17/h4,6-7H,5,8-10H2,1-3H3/b6-4+,11-7+,13-12-. The van der Waals surface area contributed by atoms with E-state index in [1.54, 1.807) is 6.08 Å². The molecule has 0 atom stereocenters. The highest BCUT2D eigenvalue weighted by Gasteiger charge is 2.20. The Kier molecular flexibility index (Phi) is 6.06. The molecular weight excluding hydrogens is 244 g/mol. The molecule has 0 saturated carbocycles. The molecule has 0 aromatic rings. The maximum Gasteiger partial charge on any atom is 0.334 e. The molecule has 0 spiro atoms. The monoisotopic (exact) mass is 264 g/mol. The Bertz CT molecular complexity index is 441. The normalized spacial score (nSPS) is 18.7. The van der Waals surface area contributed by atoms with Crippen LogP contribution in [0, 0.1) is 0 Å². The Hall–Kier alpha value is -1.84. The molecule has 1 aliphatic rings. The second-order valence-corrected chi connectivity index (χ2v) is 4.53. The first-order valence-electron chi connectivity index (χ1n) is 6.30. The van der Waals surface area contributed by atoms with Gasteiger partial charge < -0.3 is 9.47 Å². The lowest BCUT2D eigenvalue weighted by atomic mass is 10.0. The molecular formula is C15H20O4. The smallest absolute Gasteiger partial charge is 0.334 e. The maximum absolute atomic E-state index is 11.4. The van der Waals surface area contributed by atoms with Crippen LogP contribution in [0.25, 0.3) is 0 Å². The number of hydrogen-bond donors (Lipinski definition) is 0. The summed E-state index contributed by atoms with van der Waals surface area (Å²) in [6, 6.07) is 0. The molecule has 4 nitrogen and oxygen atoms in total. The first kappa shape index (κ1) is 15.2. The molecule has 0 bridgehead atoms. The maximum atomic E-state index is 11.4. The topological polar surface area (TPSA) is 52.6 Å². The van der Waals surface area contributed by atoms with Crippen LogP contribution in [-0.4, -0.2) is 25.7 Å². The molecule has 104 valence electrons. The zero-order chi connectivity index (χ0) is 14.3. The molecule has 0 unspecified atom stereocenters. The van der Waals surface area contributed by atoms with Crippen molar-refractivity contribution < 1.29 is 19.1 Å². The zero-order valence-corrected chi connectivity index (χ0v) is 11.7. The van der Waals surface area contributed by atoms with Crippen LogP contribution in [-0.2, 0) is 19.1 Å². The number of methoxy groups -OCH3 is 1. The third-order valence-corrected chi connectivity index (χ3v) is 3.00. The third-order valence-electron chi connectivity index (χ3n) is 3.00. The number of allylic oxidation sites excluding steroid dienone is 4. The number of carbonyl (C=O) groups is 2. The summed E-state index contributed by atoms with van der Waals surface area (Å²) in [7, 11) is 1.35. The fourth-order valence-corrected chi connectivity index (χ4v) is 1.77. The summed E-state index contributed by atoms with van der Waals surface area (Å²) in [5.41, 5.74) is 3.00. The fraction of sp³-hybridized carbons (Fsp3) is 0.467. The van der Waals surface area contributed by atoms with Crippen LogP contribution in [0.2, 0.25) is 0 Å². The number of cyclic esters (lactones) is 1. The second kappa shape index (κ2) is 7.56. The van der Waals surface area contributed by atoms with Crippen molar-refractivity contribution in [3.63, 3.8) is 0 Å². The van der Waals surface area contributed by atoms with Gasteiger partial charge in [-0.25, -0.2) is 9.59 Å². The van der Waals surface area contributed by atoms with Gasteiger partial charge >= 0.3 is 11.9 Å². The average Bonchev–Trinajstić information content (AvgIpc) is 2.82. The first-order valence-corrected chi connectivity index (χ1v) is 6.30. The molecule has 1 saturated heterocycles. The summed E-state index contributed by atoms with van der Waals surface area (Å²) in [5.74, 6) is -0.533. The number of rotatable bonds is 5. The van der Waals surface area contributed by atoms with E-state index in [2.05, 4.69) is 10.8 Å². The van der Waals surface area contributed by atoms with Gasteiger partial charge in [-0.3, -0.25) is 0 Å². The van der Waals surface area contributed by atoms with E-state index in [0.717, 1.165) is 23.1 Å². The predicted molar refractivity (Wildman–Crippen MR) is 72.4 cm³/mol. The highest BCUT2D eigenvalue weighted by molar-refractivity contribution is 5.91. The van der Waals surface area contributed by atoms with Gasteiger partial charge in [0.2, 0.25) is 0 Å². The van der Waals surface area contributed by atoms with Gasteiger partial charge in [0.15, 0.2) is 0 Å². The molecule has 1 aliphatic heterocycles. The highest BCUT2D eigenvalue weighted by Crippen LogP contribution is 2.20. The molecule has 0 radical (unpaired) electrons. The van der Waals surface area contributed by atoms with Crippen LogP contribution in [0.5, 0.6) is 0 Å². The van der Waals surface area contributed by atoms with Gasteiger partial charge in [0, 0.05) is 18.1 Å². The van der Waals surface area contributed by atoms with Crippen molar-refractivity contribution in [3.8, 4) is 0 Å². The summed E-state index contributed by atoms with van der Waals surface area (Å²) < 4.78 is 9.42. The number of esters is 2. The zero-order valence-electron chi connectivity index (χ0n) is 11.7. The van der Waals surface area contributed by atoms with Gasteiger partial charge in [0.25, 0.3) is 0 Å². The average molecular weight is 264 g/mol. The molecule has 0 aromatic heterocycles. The van der Waals surface area contributed by atoms with Crippen molar-refractivity contribution in [2.75, 3.05) is 13.7 Å². The van der Waals surface area contributed by atoms with Crippen LogP contribution in [0.3, 0.4) is 0 Å². The van der Waals surface area contributed by atoms with E-state index < -0.39 is 0 Å². The van der Waals surface area contributed by atoms with Gasteiger partial charge in [-0.1, -0.05) is 23.3 Å². The van der Waals surface area contributed by atoms with Gasteiger partial charge in [-0.2, -0.15) is 0 Å². The van der Waals surface area contributed by atoms with Crippen molar-refractivity contribution in [1.82, 2.24) is 0 Å². The van der Waals surface area contributed by atoms with Crippen LogP contribution >= 0.6 is 0 Å². The van der Waals surface area contributed by atoms with E-state index in [9.17, 15) is 9.59 Å². The Balaban J connectivity index is 2.49. The van der Waals surface area contributed by atoms with E-state index in [4.69, 9.17) is 4.74 Å². The van der Waals surface area contributed by atoms with Gasteiger partial charge in [0.05, 0.1) is 13.7 Å². The Morgan fingerprint density at radius 2 is 2.11 bits per heavy atom. The van der Waals surface area contributed by atoms with E-state index in [-0.39, 0.29) is 11.9 Å². The molecule has 19 heavy (non-hydrogen) atoms. The lowest BCUT2D eigenvalue weighted by Gasteiger charge is -2.01. The summed E-state index contributed by atoms with van der Waals surface area (Å²) in [5, 5.41) is 0. The second-order valence-electron chi connectivity index (χ2n) is 4.53. The molecule has 1 fully saturated rings. The van der Waals surface area contributed by atoms with Gasteiger partial charge in [0.1, 0.15) is 0 Å². The molecule has 0 amide bonds. The number of carbonyl (C=O) groups excluding carboxylic acids is 2. The van der Waals surface area contributed by atoms with Crippen LogP contribution < -0.4 is 0 Å². The van der Waals surface area contributed by atoms with Crippen LogP contribution in [0.4, 0.5) is 0 Å². The number of hydrogen-bond acceptors (Lipinski definition) is 4. The quantitative estimate of drug-likeness (QED) is 0.435. The van der Waals surface area contributed by atoms with Gasteiger partial charge in [-0.05, 0) is 26.7 Å². The van der Waals surface area contributed by atoms with Gasteiger partial charge in [-0.15, -0.1) is 0 Å². The van der Waals surface area contributed by atoms with Crippen molar-refractivity contribution in [2.24, 2.45) is 0 Å². The summed E-state index contributed by atoms with van der Waals surface area (Å²) in [6.07, 6.45) is 7.39. The Morgan fingerprint density at radius 3 is 2.68 bits per heavy atom. The minimum atomic E-state index is -0.347. The van der Waals surface area contributed by atoms with E-state index in [0.29, 0.717) is 19.4 Å². The Labute approximate surface area is 113 Å². The van der Waals surface area contributed by atoms with Crippen molar-refractivity contribution >= 4 is 11.9 Å². The highest BCUT2D eigenvalue weighted by atomic mass is 16.5. The van der Waals surface area contributed by atoms with Crippen LogP contribution in [0.15, 0.2) is 34.9 Å². The fourth-order valence-electron chi connectivity index (χ4n) is 1.77. The van der Waals surface area contributed by atoms with Crippen molar-refractivity contribution in [2.45, 2.75) is 33.1 Å². The van der Waals surface area contributed by atoms with E-state index in [1.807, 2.05) is 13.8 Å². The van der Waals surface area contributed by atoms with Crippen molar-refractivity contribution in [1.29, 1.82) is 0 Å². The lowest BCUT2D eigenvalue weighted by Crippen LogP contribution is -1.97. The minimum absolute atomic E-state index is 0.186. The predicted octanol–water partition coefficient (Wildman–Crippen LogP) is 2.71. The minimum Gasteiger partial charge on any atom is -0.466 e.